The Bertz CT molecular complexity index is 486. The standard InChI is InChI=1S/C11H17NO5S/c1-15-9-4-5-11(10(8-9)16-2)18(13,14)7-3-6-17-12/h4-5,8H,3,6-7,12H2,1-2H3. The smallest absolute Gasteiger partial charge is 0.182 e. The van der Waals surface area contributed by atoms with Crippen molar-refractivity contribution >= 4 is 9.84 Å². The first kappa shape index (κ1) is 14.7. The van der Waals surface area contributed by atoms with E-state index in [0.717, 1.165) is 0 Å². The van der Waals surface area contributed by atoms with Gasteiger partial charge in [-0.15, -0.1) is 0 Å². The van der Waals surface area contributed by atoms with Gasteiger partial charge in [0, 0.05) is 6.07 Å². The number of hydrogen-bond donors (Lipinski definition) is 1. The van der Waals surface area contributed by atoms with Crippen molar-refractivity contribution in [2.45, 2.75) is 11.3 Å². The summed E-state index contributed by atoms with van der Waals surface area (Å²) in [6.45, 7) is 0.192. The highest BCUT2D eigenvalue weighted by molar-refractivity contribution is 7.91. The summed E-state index contributed by atoms with van der Waals surface area (Å²) in [6.07, 6.45) is 0.327. The molecule has 0 aliphatic carbocycles. The van der Waals surface area contributed by atoms with Crippen LogP contribution in [-0.2, 0) is 14.7 Å². The summed E-state index contributed by atoms with van der Waals surface area (Å²) in [6, 6.07) is 4.58. The van der Waals surface area contributed by atoms with Crippen LogP contribution in [0.2, 0.25) is 0 Å². The summed E-state index contributed by atoms with van der Waals surface area (Å²) in [5.74, 6) is 5.61. The molecule has 18 heavy (non-hydrogen) atoms. The van der Waals surface area contributed by atoms with Crippen molar-refractivity contribution in [3.8, 4) is 11.5 Å². The minimum absolute atomic E-state index is 0.0487. The molecule has 0 fully saturated rings. The molecule has 0 bridgehead atoms. The van der Waals surface area contributed by atoms with Gasteiger partial charge in [-0.2, -0.15) is 0 Å². The minimum atomic E-state index is -3.42. The molecule has 0 heterocycles. The molecule has 0 atom stereocenters. The molecule has 0 aromatic heterocycles. The Morgan fingerprint density at radius 2 is 1.94 bits per heavy atom. The fraction of sp³-hybridized carbons (Fsp3) is 0.455. The molecule has 7 heteroatoms. The van der Waals surface area contributed by atoms with E-state index in [9.17, 15) is 8.42 Å². The van der Waals surface area contributed by atoms with Gasteiger partial charge in [-0.3, -0.25) is 0 Å². The second kappa shape index (κ2) is 6.58. The highest BCUT2D eigenvalue weighted by Gasteiger charge is 2.19. The number of benzene rings is 1. The average molecular weight is 275 g/mol. The molecular formula is C11H17NO5S. The summed E-state index contributed by atoms with van der Waals surface area (Å²) in [5, 5.41) is 0. The zero-order valence-electron chi connectivity index (χ0n) is 10.4. The molecule has 2 N–H and O–H groups in total. The average Bonchev–Trinajstić information content (AvgIpc) is 2.38. The third-order valence-corrected chi connectivity index (χ3v) is 4.21. The molecule has 1 rings (SSSR count). The molecule has 6 nitrogen and oxygen atoms in total. The maximum atomic E-state index is 12.1. The van der Waals surface area contributed by atoms with Gasteiger partial charge in [0.2, 0.25) is 0 Å². The van der Waals surface area contributed by atoms with Gasteiger partial charge in [0.1, 0.15) is 16.4 Å². The normalized spacial score (nSPS) is 11.3. The molecule has 0 unspecified atom stereocenters. The Balaban J connectivity index is 3.00. The third kappa shape index (κ3) is 3.59. The van der Waals surface area contributed by atoms with Crippen molar-refractivity contribution in [2.24, 2.45) is 5.90 Å². The topological polar surface area (TPSA) is 87.9 Å². The van der Waals surface area contributed by atoms with Gasteiger partial charge < -0.3 is 14.3 Å². The Morgan fingerprint density at radius 3 is 2.50 bits per heavy atom. The van der Waals surface area contributed by atoms with Crippen LogP contribution in [0.15, 0.2) is 23.1 Å². The largest absolute Gasteiger partial charge is 0.497 e. The van der Waals surface area contributed by atoms with E-state index in [2.05, 4.69) is 4.84 Å². The molecule has 102 valence electrons. The third-order valence-electron chi connectivity index (χ3n) is 2.38. The molecule has 1 aromatic carbocycles. The van der Waals surface area contributed by atoms with Gasteiger partial charge in [0.25, 0.3) is 0 Å². The zero-order chi connectivity index (χ0) is 13.6. The van der Waals surface area contributed by atoms with Crippen molar-refractivity contribution in [1.82, 2.24) is 0 Å². The Labute approximate surface area is 107 Å². The lowest BCUT2D eigenvalue weighted by Crippen LogP contribution is -2.12. The first-order valence-electron chi connectivity index (χ1n) is 5.31. The maximum absolute atomic E-state index is 12.1. The van der Waals surface area contributed by atoms with Crippen LogP contribution in [-0.4, -0.2) is 35.0 Å². The predicted molar refractivity (Wildman–Crippen MR) is 66.4 cm³/mol. The van der Waals surface area contributed by atoms with Crippen molar-refractivity contribution in [2.75, 3.05) is 26.6 Å². The summed E-state index contributed by atoms with van der Waals surface area (Å²) in [7, 11) is -0.501. The van der Waals surface area contributed by atoms with Crippen molar-refractivity contribution in [3.05, 3.63) is 18.2 Å². The van der Waals surface area contributed by atoms with Gasteiger partial charge >= 0.3 is 0 Å². The van der Waals surface area contributed by atoms with Gasteiger partial charge in [-0.1, -0.05) is 0 Å². The summed E-state index contributed by atoms with van der Waals surface area (Å²) < 4.78 is 34.2. The van der Waals surface area contributed by atoms with E-state index >= 15 is 0 Å². The van der Waals surface area contributed by atoms with E-state index in [1.807, 2.05) is 0 Å². The van der Waals surface area contributed by atoms with Crippen molar-refractivity contribution in [3.63, 3.8) is 0 Å². The van der Waals surface area contributed by atoms with Gasteiger partial charge in [0.05, 0.1) is 26.6 Å². The van der Waals surface area contributed by atoms with Crippen molar-refractivity contribution in [1.29, 1.82) is 0 Å². The molecule has 0 aliphatic heterocycles. The van der Waals surface area contributed by atoms with Crippen LogP contribution in [0.1, 0.15) is 6.42 Å². The Morgan fingerprint density at radius 1 is 1.22 bits per heavy atom. The van der Waals surface area contributed by atoms with E-state index in [1.54, 1.807) is 6.07 Å². The van der Waals surface area contributed by atoms with Crippen LogP contribution in [0.4, 0.5) is 0 Å². The van der Waals surface area contributed by atoms with Gasteiger partial charge in [-0.05, 0) is 18.6 Å². The lowest BCUT2D eigenvalue weighted by atomic mass is 10.3. The number of ether oxygens (including phenoxy) is 2. The summed E-state index contributed by atoms with van der Waals surface area (Å²) >= 11 is 0. The molecular weight excluding hydrogens is 258 g/mol. The SMILES string of the molecule is COc1ccc(S(=O)(=O)CCCON)c(OC)c1. The Hall–Kier alpha value is -1.31. The second-order valence-electron chi connectivity index (χ2n) is 3.56. The quantitative estimate of drug-likeness (QED) is 0.584. The van der Waals surface area contributed by atoms with Crippen LogP contribution in [0.5, 0.6) is 11.5 Å². The molecule has 0 saturated carbocycles. The second-order valence-corrected chi connectivity index (χ2v) is 5.64. The summed E-state index contributed by atoms with van der Waals surface area (Å²) in [5.41, 5.74) is 0. The molecule has 1 aromatic rings. The first-order valence-corrected chi connectivity index (χ1v) is 6.97. The molecule has 0 saturated heterocycles. The van der Waals surface area contributed by atoms with E-state index in [1.165, 1.54) is 26.4 Å². The highest BCUT2D eigenvalue weighted by Crippen LogP contribution is 2.29. The number of rotatable bonds is 7. The number of hydrogen-bond acceptors (Lipinski definition) is 6. The molecule has 0 spiro atoms. The number of sulfone groups is 1. The van der Waals surface area contributed by atoms with Gasteiger partial charge in [0.15, 0.2) is 9.84 Å². The van der Waals surface area contributed by atoms with E-state index < -0.39 is 9.84 Å². The monoisotopic (exact) mass is 275 g/mol. The van der Waals surface area contributed by atoms with Crippen LogP contribution in [0, 0.1) is 0 Å². The van der Waals surface area contributed by atoms with E-state index in [4.69, 9.17) is 15.4 Å². The molecule has 0 amide bonds. The highest BCUT2D eigenvalue weighted by atomic mass is 32.2. The lowest BCUT2D eigenvalue weighted by molar-refractivity contribution is 0.139. The van der Waals surface area contributed by atoms with E-state index in [-0.39, 0.29) is 23.0 Å². The van der Waals surface area contributed by atoms with Gasteiger partial charge in [-0.25, -0.2) is 14.3 Å². The Kier molecular flexibility index (Phi) is 5.39. The number of methoxy groups -OCH3 is 2. The van der Waals surface area contributed by atoms with Crippen LogP contribution >= 0.6 is 0 Å². The van der Waals surface area contributed by atoms with Crippen LogP contribution in [0.25, 0.3) is 0 Å². The fourth-order valence-electron chi connectivity index (χ4n) is 1.47. The fourth-order valence-corrected chi connectivity index (χ4v) is 2.92. The zero-order valence-corrected chi connectivity index (χ0v) is 11.2. The maximum Gasteiger partial charge on any atom is 0.182 e. The lowest BCUT2D eigenvalue weighted by Gasteiger charge is -2.10. The van der Waals surface area contributed by atoms with Crippen molar-refractivity contribution < 1.29 is 22.7 Å². The molecule has 0 aliphatic rings. The summed E-state index contributed by atoms with van der Waals surface area (Å²) in [4.78, 5) is 4.49. The van der Waals surface area contributed by atoms with Crippen LogP contribution in [0.3, 0.4) is 0 Å². The first-order chi connectivity index (χ1) is 8.55. The predicted octanol–water partition coefficient (Wildman–Crippen LogP) is 0.758. The molecule has 0 radical (unpaired) electrons. The van der Waals surface area contributed by atoms with Crippen LogP contribution < -0.4 is 15.4 Å². The van der Waals surface area contributed by atoms with E-state index in [0.29, 0.717) is 12.2 Å². The minimum Gasteiger partial charge on any atom is -0.497 e. The number of nitrogens with two attached hydrogens (primary N) is 1.